The number of rotatable bonds is 16. The molecule has 4 nitrogen and oxygen atoms in total. The van der Waals surface area contributed by atoms with E-state index in [0.29, 0.717) is 5.75 Å². The van der Waals surface area contributed by atoms with Gasteiger partial charge in [-0.05, 0) is 91.3 Å². The van der Waals surface area contributed by atoms with E-state index in [1.807, 2.05) is 54.6 Å². The second-order valence-electron chi connectivity index (χ2n) is 10.7. The number of carboxylic acid groups (broad SMARTS) is 1. The van der Waals surface area contributed by atoms with Crippen molar-refractivity contribution < 1.29 is 44.2 Å². The van der Waals surface area contributed by atoms with Gasteiger partial charge >= 0.3 is 29.6 Å². The van der Waals surface area contributed by atoms with Gasteiger partial charge in [-0.3, -0.25) is 0 Å². The Kier molecular flexibility index (Phi) is 13.8. The summed E-state index contributed by atoms with van der Waals surface area (Å²) in [7, 11) is 0. The van der Waals surface area contributed by atoms with Crippen LogP contribution < -0.4 is 39.4 Å². The van der Waals surface area contributed by atoms with Crippen LogP contribution in [0.3, 0.4) is 0 Å². The number of aryl methyl sites for hydroxylation is 3. The zero-order chi connectivity index (χ0) is 28.2. The van der Waals surface area contributed by atoms with Crippen LogP contribution in [0.15, 0.2) is 91.0 Å². The Morgan fingerprint density at radius 1 is 0.756 bits per heavy atom. The van der Waals surface area contributed by atoms with Gasteiger partial charge in [0.25, 0.3) is 0 Å². The van der Waals surface area contributed by atoms with E-state index in [1.54, 1.807) is 0 Å². The van der Waals surface area contributed by atoms with Crippen LogP contribution in [-0.2, 0) is 30.6 Å². The number of hydrogen-bond donors (Lipinski definition) is 0. The Morgan fingerprint density at radius 3 is 2.02 bits per heavy atom. The van der Waals surface area contributed by atoms with Gasteiger partial charge in [-0.25, -0.2) is 0 Å². The molecule has 3 aromatic carbocycles. The third kappa shape index (κ3) is 10.2. The van der Waals surface area contributed by atoms with Crippen molar-refractivity contribution in [3.8, 4) is 17.0 Å². The molecule has 1 heterocycles. The second-order valence-corrected chi connectivity index (χ2v) is 10.7. The van der Waals surface area contributed by atoms with Crippen molar-refractivity contribution in [2.24, 2.45) is 0 Å². The fourth-order valence-corrected chi connectivity index (χ4v) is 5.23. The Hall–Kier alpha value is -2.79. The molecular formula is C36H42NNaO3. The fourth-order valence-electron chi connectivity index (χ4n) is 5.23. The molecule has 0 unspecified atom stereocenters. The number of nitrogens with zero attached hydrogens (tertiary/aromatic N) is 1. The summed E-state index contributed by atoms with van der Waals surface area (Å²) in [6.45, 7) is 5.34. The third-order valence-electron chi connectivity index (χ3n) is 7.59. The molecule has 0 aliphatic heterocycles. The average molecular weight is 560 g/mol. The smallest absolute Gasteiger partial charge is 0.546 e. The molecule has 0 N–H and O–H groups in total. The Labute approximate surface area is 268 Å². The molecule has 41 heavy (non-hydrogen) atoms. The molecule has 210 valence electrons. The number of aliphatic carboxylic acids is 1. The van der Waals surface area contributed by atoms with Gasteiger partial charge in [0.05, 0.1) is 5.97 Å². The molecule has 1 aromatic heterocycles. The zero-order valence-corrected chi connectivity index (χ0v) is 27.0. The molecule has 0 amide bonds. The molecule has 5 heteroatoms. The van der Waals surface area contributed by atoms with Crippen LogP contribution in [0.1, 0.15) is 67.8 Å². The van der Waals surface area contributed by atoms with Crippen LogP contribution in [0.25, 0.3) is 11.3 Å². The van der Waals surface area contributed by atoms with E-state index in [4.69, 9.17) is 4.74 Å². The van der Waals surface area contributed by atoms with Gasteiger partial charge in [0.1, 0.15) is 11.9 Å². The van der Waals surface area contributed by atoms with Crippen LogP contribution in [0, 0.1) is 6.92 Å². The van der Waals surface area contributed by atoms with Crippen molar-refractivity contribution in [2.45, 2.75) is 84.3 Å². The van der Waals surface area contributed by atoms with E-state index in [0.717, 1.165) is 36.2 Å². The number of carbonyl (C=O) groups is 1. The van der Waals surface area contributed by atoms with Gasteiger partial charge in [0, 0.05) is 24.4 Å². The average Bonchev–Trinajstić information content (AvgIpc) is 3.34. The predicted molar refractivity (Wildman–Crippen MR) is 161 cm³/mol. The summed E-state index contributed by atoms with van der Waals surface area (Å²) in [6, 6.07) is 30.6. The van der Waals surface area contributed by atoms with Gasteiger partial charge in [-0.15, -0.1) is 0 Å². The number of unbranched alkanes of at least 4 members (excludes halogenated alkanes) is 4. The maximum atomic E-state index is 11.7. The first-order valence-electron chi connectivity index (χ1n) is 14.8. The Morgan fingerprint density at radius 2 is 1.39 bits per heavy atom. The minimum atomic E-state index is -1.21. The molecule has 0 saturated carbocycles. The minimum absolute atomic E-state index is 0. The molecule has 0 aliphatic rings. The van der Waals surface area contributed by atoms with Crippen LogP contribution in [-0.4, -0.2) is 16.6 Å². The maximum Gasteiger partial charge on any atom is 1.00 e. The van der Waals surface area contributed by atoms with E-state index in [-0.39, 0.29) is 36.0 Å². The number of carbonyl (C=O) groups excluding carboxylic acids is 1. The van der Waals surface area contributed by atoms with E-state index in [9.17, 15) is 9.90 Å². The summed E-state index contributed by atoms with van der Waals surface area (Å²) >= 11 is 0. The summed E-state index contributed by atoms with van der Waals surface area (Å²) in [5.74, 6) is -0.692. The standard InChI is InChI=1S/C36H43NO3.Na/c1-3-4-5-6-8-12-29-17-19-30(20-18-29)15-11-26-37-28(2)16-25-34(37)32-21-23-33(24-22-32)40-35(36(38)39)27-31-13-9-7-10-14-31;/h7,9-10,13-14,16-25,35H,3-6,8,11-12,15,26-27H2,1-2H3,(H,38,39);/q;+1/p-1/t35-;/m1./s1. The molecule has 1 atom stereocenters. The number of aromatic nitrogens is 1. The molecule has 4 rings (SSSR count). The van der Waals surface area contributed by atoms with Gasteiger partial charge in [0.2, 0.25) is 0 Å². The first-order chi connectivity index (χ1) is 19.5. The van der Waals surface area contributed by atoms with Crippen molar-refractivity contribution in [1.29, 1.82) is 0 Å². The van der Waals surface area contributed by atoms with Crippen LogP contribution in [0.4, 0.5) is 0 Å². The van der Waals surface area contributed by atoms with Crippen molar-refractivity contribution in [1.82, 2.24) is 4.57 Å². The number of carboxylic acids is 1. The van der Waals surface area contributed by atoms with Crippen molar-refractivity contribution in [2.75, 3.05) is 0 Å². The molecule has 0 saturated heterocycles. The molecule has 0 aliphatic carbocycles. The van der Waals surface area contributed by atoms with E-state index in [1.165, 1.54) is 55.3 Å². The first kappa shape index (κ1) is 32.7. The molecule has 0 fully saturated rings. The SMILES string of the molecule is CCCCCCCc1ccc(CCCn2c(C)ccc2-c2ccc(O[C@H](Cc3ccccc3)C(=O)[O-])cc2)cc1.[Na+]. The van der Waals surface area contributed by atoms with Crippen LogP contribution in [0.2, 0.25) is 0 Å². The number of hydrogen-bond acceptors (Lipinski definition) is 3. The topological polar surface area (TPSA) is 54.3 Å². The summed E-state index contributed by atoms with van der Waals surface area (Å²) in [5.41, 5.74) is 7.20. The molecule has 0 radical (unpaired) electrons. The van der Waals surface area contributed by atoms with Crippen LogP contribution in [0.5, 0.6) is 5.75 Å². The predicted octanol–water partition coefficient (Wildman–Crippen LogP) is 4.35. The summed E-state index contributed by atoms with van der Waals surface area (Å²) in [6.07, 6.45) is 9.12. The van der Waals surface area contributed by atoms with E-state index < -0.39 is 12.1 Å². The number of benzene rings is 3. The monoisotopic (exact) mass is 559 g/mol. The summed E-state index contributed by atoms with van der Waals surface area (Å²) in [5, 5.41) is 11.7. The van der Waals surface area contributed by atoms with Gasteiger partial charge in [-0.1, -0.05) is 87.2 Å². The first-order valence-corrected chi connectivity index (χ1v) is 14.8. The van der Waals surface area contributed by atoms with E-state index >= 15 is 0 Å². The summed E-state index contributed by atoms with van der Waals surface area (Å²) < 4.78 is 8.16. The molecule has 4 aromatic rings. The molecule has 0 bridgehead atoms. The number of ether oxygens (including phenoxy) is 1. The summed E-state index contributed by atoms with van der Waals surface area (Å²) in [4.78, 5) is 11.7. The molecule has 0 spiro atoms. The molecular weight excluding hydrogens is 517 g/mol. The van der Waals surface area contributed by atoms with Crippen LogP contribution >= 0.6 is 0 Å². The second kappa shape index (κ2) is 17.2. The van der Waals surface area contributed by atoms with Crippen molar-refractivity contribution in [3.63, 3.8) is 0 Å². The van der Waals surface area contributed by atoms with Crippen molar-refractivity contribution in [3.05, 3.63) is 113 Å². The Balaban J connectivity index is 0.00000462. The normalized spacial score (nSPS) is 11.6. The third-order valence-corrected chi connectivity index (χ3v) is 7.59. The quantitative estimate of drug-likeness (QED) is 0.152. The van der Waals surface area contributed by atoms with Crippen molar-refractivity contribution >= 4 is 5.97 Å². The minimum Gasteiger partial charge on any atom is -0.546 e. The largest absolute Gasteiger partial charge is 1.00 e. The Bertz CT molecular complexity index is 1310. The van der Waals surface area contributed by atoms with Gasteiger partial charge in [-0.2, -0.15) is 0 Å². The maximum absolute atomic E-state index is 11.7. The van der Waals surface area contributed by atoms with Gasteiger partial charge < -0.3 is 19.2 Å². The zero-order valence-electron chi connectivity index (χ0n) is 25.0. The van der Waals surface area contributed by atoms with Gasteiger partial charge in [0.15, 0.2) is 0 Å². The fraction of sp³-hybridized carbons (Fsp3) is 0.361. The van der Waals surface area contributed by atoms with E-state index in [2.05, 4.69) is 54.8 Å².